The van der Waals surface area contributed by atoms with E-state index in [-0.39, 0.29) is 29.9 Å². The number of piperidine rings is 1. The van der Waals surface area contributed by atoms with Gasteiger partial charge in [0.2, 0.25) is 5.91 Å². The van der Waals surface area contributed by atoms with Gasteiger partial charge in [0, 0.05) is 32.2 Å². The average Bonchev–Trinajstić information content (AvgIpc) is 3.03. The second kappa shape index (κ2) is 14.7. The Bertz CT molecular complexity index is 712. The van der Waals surface area contributed by atoms with E-state index in [0.717, 1.165) is 45.0 Å². The first-order valence-corrected chi connectivity index (χ1v) is 12.0. The summed E-state index contributed by atoms with van der Waals surface area (Å²) >= 11 is 0. The first-order valence-electron chi connectivity index (χ1n) is 12.0. The summed E-state index contributed by atoms with van der Waals surface area (Å²) in [6, 6.07) is 9.09. The smallest absolute Gasteiger partial charge is 0.231 e. The highest BCUT2D eigenvalue weighted by molar-refractivity contribution is 14.0. The number of hydrogen-bond acceptors (Lipinski definition) is 4. The molecule has 4 N–H and O–H groups in total. The quantitative estimate of drug-likeness (QED) is 0.261. The van der Waals surface area contributed by atoms with Crippen LogP contribution in [0, 0.1) is 0 Å². The molecule has 0 atom stereocenters. The van der Waals surface area contributed by atoms with Crippen LogP contribution in [0.3, 0.4) is 0 Å². The number of nitrogens with zero attached hydrogens (tertiary/aromatic N) is 3. The maximum atomic E-state index is 11.1. The SMILES string of the molecule is CCNC(=NCc1ccccc1CN1CCCCCC1)NC1CCN(CC(N)=O)CC1.I. The fraction of sp³-hybridized carbons (Fsp3) is 0.667. The van der Waals surface area contributed by atoms with Gasteiger partial charge in [-0.3, -0.25) is 14.6 Å². The van der Waals surface area contributed by atoms with Crippen molar-refractivity contribution < 1.29 is 4.79 Å². The summed E-state index contributed by atoms with van der Waals surface area (Å²) in [6.07, 6.45) is 7.33. The third-order valence-corrected chi connectivity index (χ3v) is 6.27. The summed E-state index contributed by atoms with van der Waals surface area (Å²) in [4.78, 5) is 20.8. The normalized spacial score (nSPS) is 19.1. The summed E-state index contributed by atoms with van der Waals surface area (Å²) in [7, 11) is 0. The molecule has 180 valence electrons. The van der Waals surface area contributed by atoms with Gasteiger partial charge in [0.05, 0.1) is 13.1 Å². The van der Waals surface area contributed by atoms with E-state index in [1.807, 2.05) is 0 Å². The predicted octanol–water partition coefficient (Wildman–Crippen LogP) is 2.69. The molecule has 8 heteroatoms. The number of hydrogen-bond donors (Lipinski definition) is 3. The molecule has 0 unspecified atom stereocenters. The van der Waals surface area contributed by atoms with Crippen LogP contribution in [-0.2, 0) is 17.9 Å². The Balaban J connectivity index is 0.00000363. The zero-order valence-corrected chi connectivity index (χ0v) is 21.9. The van der Waals surface area contributed by atoms with E-state index in [1.165, 1.54) is 49.9 Å². The van der Waals surface area contributed by atoms with Crippen LogP contribution < -0.4 is 16.4 Å². The lowest BCUT2D eigenvalue weighted by Crippen LogP contribution is -2.49. The Kier molecular flexibility index (Phi) is 12.3. The Hall–Kier alpha value is -1.39. The minimum Gasteiger partial charge on any atom is -0.369 e. The van der Waals surface area contributed by atoms with Crippen LogP contribution in [-0.4, -0.2) is 67.0 Å². The highest BCUT2D eigenvalue weighted by atomic mass is 127. The highest BCUT2D eigenvalue weighted by Gasteiger charge is 2.21. The molecule has 0 aliphatic carbocycles. The first kappa shape index (κ1) is 26.9. The van der Waals surface area contributed by atoms with Gasteiger partial charge in [-0.2, -0.15) is 0 Å². The van der Waals surface area contributed by atoms with E-state index in [4.69, 9.17) is 10.7 Å². The highest BCUT2D eigenvalue weighted by Crippen LogP contribution is 2.17. The number of likely N-dealkylation sites (tertiary alicyclic amines) is 2. The van der Waals surface area contributed by atoms with Crippen molar-refractivity contribution >= 4 is 35.8 Å². The lowest BCUT2D eigenvalue weighted by atomic mass is 10.1. The molecule has 7 nitrogen and oxygen atoms in total. The van der Waals surface area contributed by atoms with Gasteiger partial charge in [-0.25, -0.2) is 4.99 Å². The van der Waals surface area contributed by atoms with E-state index in [9.17, 15) is 4.79 Å². The standard InChI is InChI=1S/C24H40N6O.HI/c1-2-26-24(28-22-11-15-30(16-12-22)19-23(25)31)27-17-20-9-5-6-10-21(20)18-29-13-7-3-4-8-14-29;/h5-6,9-10,22H,2-4,7-8,11-19H2,1H3,(H2,25,31)(H2,26,27,28);1H. The van der Waals surface area contributed by atoms with Crippen molar-refractivity contribution in [2.24, 2.45) is 10.7 Å². The maximum Gasteiger partial charge on any atom is 0.231 e. The van der Waals surface area contributed by atoms with Gasteiger partial charge in [-0.15, -0.1) is 24.0 Å². The molecule has 0 spiro atoms. The van der Waals surface area contributed by atoms with E-state index >= 15 is 0 Å². The van der Waals surface area contributed by atoms with Crippen LogP contribution in [0.2, 0.25) is 0 Å². The van der Waals surface area contributed by atoms with E-state index in [2.05, 4.69) is 51.6 Å². The van der Waals surface area contributed by atoms with Crippen LogP contribution in [0.1, 0.15) is 56.6 Å². The number of guanidine groups is 1. The largest absolute Gasteiger partial charge is 0.369 e. The molecule has 32 heavy (non-hydrogen) atoms. The molecule has 2 saturated heterocycles. The topological polar surface area (TPSA) is 86.0 Å². The molecule has 3 rings (SSSR count). The van der Waals surface area contributed by atoms with Crippen LogP contribution in [0.25, 0.3) is 0 Å². The van der Waals surface area contributed by atoms with Crippen molar-refractivity contribution in [1.29, 1.82) is 0 Å². The monoisotopic (exact) mass is 556 g/mol. The molecule has 0 radical (unpaired) electrons. The third-order valence-electron chi connectivity index (χ3n) is 6.27. The second-order valence-corrected chi connectivity index (χ2v) is 8.82. The number of carbonyl (C=O) groups is 1. The van der Waals surface area contributed by atoms with Crippen LogP contribution >= 0.6 is 24.0 Å². The molecule has 1 aromatic carbocycles. The number of carbonyl (C=O) groups excluding carboxylic acids is 1. The van der Waals surface area contributed by atoms with Gasteiger partial charge >= 0.3 is 0 Å². The molecule has 0 aromatic heterocycles. The van der Waals surface area contributed by atoms with Gasteiger partial charge in [0.1, 0.15) is 0 Å². The van der Waals surface area contributed by atoms with Gasteiger partial charge in [0.25, 0.3) is 0 Å². The van der Waals surface area contributed by atoms with Gasteiger partial charge < -0.3 is 16.4 Å². The van der Waals surface area contributed by atoms with Crippen LogP contribution in [0.15, 0.2) is 29.3 Å². The van der Waals surface area contributed by atoms with Crippen molar-refractivity contribution in [3.63, 3.8) is 0 Å². The summed E-state index contributed by atoms with van der Waals surface area (Å²) in [5.74, 6) is 0.626. The fourth-order valence-corrected chi connectivity index (χ4v) is 4.53. The lowest BCUT2D eigenvalue weighted by Gasteiger charge is -2.32. The Morgan fingerprint density at radius 2 is 1.69 bits per heavy atom. The minimum absolute atomic E-state index is 0. The van der Waals surface area contributed by atoms with E-state index < -0.39 is 0 Å². The molecule has 2 heterocycles. The number of nitrogens with two attached hydrogens (primary N) is 1. The minimum atomic E-state index is -0.250. The molecule has 1 aromatic rings. The van der Waals surface area contributed by atoms with Crippen molar-refractivity contribution in [2.45, 2.75) is 64.6 Å². The molecule has 2 aliphatic heterocycles. The lowest BCUT2D eigenvalue weighted by molar-refractivity contribution is -0.119. The Morgan fingerprint density at radius 1 is 1.03 bits per heavy atom. The second-order valence-electron chi connectivity index (χ2n) is 8.82. The number of amides is 1. The first-order chi connectivity index (χ1) is 15.1. The van der Waals surface area contributed by atoms with Crippen molar-refractivity contribution in [1.82, 2.24) is 20.4 Å². The van der Waals surface area contributed by atoms with Gasteiger partial charge in [-0.05, 0) is 56.8 Å². The predicted molar refractivity (Wildman–Crippen MR) is 142 cm³/mol. The fourth-order valence-electron chi connectivity index (χ4n) is 4.53. The summed E-state index contributed by atoms with van der Waals surface area (Å²) in [6.45, 7) is 9.17. The number of aliphatic imine (C=N–C) groups is 1. The van der Waals surface area contributed by atoms with Gasteiger partial charge in [0.15, 0.2) is 5.96 Å². The molecular weight excluding hydrogens is 515 g/mol. The zero-order valence-electron chi connectivity index (χ0n) is 19.5. The molecule has 0 bridgehead atoms. The number of primary amides is 1. The van der Waals surface area contributed by atoms with Crippen LogP contribution in [0.5, 0.6) is 0 Å². The molecule has 2 fully saturated rings. The molecular formula is C24H41IN6O. The number of benzene rings is 1. The van der Waals surface area contributed by atoms with Crippen molar-refractivity contribution in [3.05, 3.63) is 35.4 Å². The van der Waals surface area contributed by atoms with Crippen molar-refractivity contribution in [2.75, 3.05) is 39.3 Å². The van der Waals surface area contributed by atoms with E-state index in [0.29, 0.717) is 19.1 Å². The number of halogens is 1. The van der Waals surface area contributed by atoms with Crippen LogP contribution in [0.4, 0.5) is 0 Å². The number of rotatable bonds is 8. The zero-order chi connectivity index (χ0) is 21.9. The number of nitrogens with one attached hydrogen (secondary N) is 2. The average molecular weight is 557 g/mol. The third kappa shape index (κ3) is 9.23. The molecule has 1 amide bonds. The summed E-state index contributed by atoms with van der Waals surface area (Å²) < 4.78 is 0. The molecule has 0 saturated carbocycles. The molecule has 2 aliphatic rings. The summed E-state index contributed by atoms with van der Waals surface area (Å²) in [5, 5.41) is 6.99. The van der Waals surface area contributed by atoms with Gasteiger partial charge in [-0.1, -0.05) is 37.1 Å². The Morgan fingerprint density at radius 3 is 2.31 bits per heavy atom. The van der Waals surface area contributed by atoms with E-state index in [1.54, 1.807) is 0 Å². The summed E-state index contributed by atoms with van der Waals surface area (Å²) in [5.41, 5.74) is 8.02. The Labute approximate surface area is 210 Å². The maximum absolute atomic E-state index is 11.1. The van der Waals surface area contributed by atoms with Crippen molar-refractivity contribution in [3.8, 4) is 0 Å².